The second-order valence-electron chi connectivity index (χ2n) is 8.70. The van der Waals surface area contributed by atoms with Crippen LogP contribution in [0.15, 0.2) is 54.6 Å². The Labute approximate surface area is 209 Å². The lowest BCUT2D eigenvalue weighted by atomic mass is 9.98. The molecule has 35 heavy (non-hydrogen) atoms. The van der Waals surface area contributed by atoms with E-state index in [9.17, 15) is 0 Å². The van der Waals surface area contributed by atoms with Crippen LogP contribution in [0.5, 0.6) is 17.2 Å². The summed E-state index contributed by atoms with van der Waals surface area (Å²) in [7, 11) is 3.30. The number of aryl methyl sites for hydroxylation is 2. The summed E-state index contributed by atoms with van der Waals surface area (Å²) in [6.45, 7) is 0.418. The Balaban J connectivity index is 1.36. The molecule has 4 aromatic rings. The highest BCUT2D eigenvalue weighted by Gasteiger charge is 2.29. The number of hydrogen-bond donors (Lipinski definition) is 1. The summed E-state index contributed by atoms with van der Waals surface area (Å²) in [6, 6.07) is 18.1. The summed E-state index contributed by atoms with van der Waals surface area (Å²) in [5.41, 5.74) is 5.46. The summed E-state index contributed by atoms with van der Waals surface area (Å²) in [5.74, 6) is 3.53. The molecule has 1 aliphatic rings. The van der Waals surface area contributed by atoms with Crippen LogP contribution in [0.2, 0.25) is 5.02 Å². The highest BCUT2D eigenvalue weighted by Crippen LogP contribution is 2.47. The van der Waals surface area contributed by atoms with E-state index >= 15 is 0 Å². The Bertz CT molecular complexity index is 1270. The highest BCUT2D eigenvalue weighted by molar-refractivity contribution is 6.30. The Morgan fingerprint density at radius 2 is 1.66 bits per heavy atom. The zero-order chi connectivity index (χ0) is 24.2. The molecule has 0 aliphatic heterocycles. The standard InChI is InChI=1S/C27H27ClN4O3/c1-33-23-11-18(12-24(15-23)34-2)16-35-26-21(13-22(28)14-25(26)19-9-10-19)8-5-17-3-6-20(7-4-17)27-29-31-32-30-27/h3-4,6-7,11-15,19H,5,8-10,16H2,1-2H3,(H,29,30,31,32). The van der Waals surface area contributed by atoms with Crippen molar-refractivity contribution in [2.75, 3.05) is 14.2 Å². The van der Waals surface area contributed by atoms with Gasteiger partial charge in [-0.15, -0.1) is 10.2 Å². The predicted octanol–water partition coefficient (Wildman–Crippen LogP) is 5.78. The molecule has 7 nitrogen and oxygen atoms in total. The number of halogens is 1. The van der Waals surface area contributed by atoms with Crippen molar-refractivity contribution in [2.45, 2.75) is 38.2 Å². The van der Waals surface area contributed by atoms with Gasteiger partial charge in [0.15, 0.2) is 0 Å². The minimum atomic E-state index is 0.418. The second kappa shape index (κ2) is 10.4. The summed E-state index contributed by atoms with van der Waals surface area (Å²) < 4.78 is 17.3. The van der Waals surface area contributed by atoms with Crippen molar-refractivity contribution in [3.8, 4) is 28.6 Å². The third kappa shape index (κ3) is 5.57. The summed E-state index contributed by atoms with van der Waals surface area (Å²) in [6.07, 6.45) is 4.01. The number of methoxy groups -OCH3 is 2. The van der Waals surface area contributed by atoms with Crippen molar-refractivity contribution in [1.82, 2.24) is 20.6 Å². The Hall–Kier alpha value is -3.58. The van der Waals surface area contributed by atoms with Crippen molar-refractivity contribution in [2.24, 2.45) is 0 Å². The molecule has 5 rings (SSSR count). The van der Waals surface area contributed by atoms with Gasteiger partial charge in [-0.05, 0) is 83.3 Å². The van der Waals surface area contributed by atoms with Gasteiger partial charge in [-0.1, -0.05) is 35.9 Å². The van der Waals surface area contributed by atoms with Gasteiger partial charge in [0, 0.05) is 16.7 Å². The van der Waals surface area contributed by atoms with Gasteiger partial charge in [0.2, 0.25) is 5.82 Å². The van der Waals surface area contributed by atoms with E-state index in [4.69, 9.17) is 25.8 Å². The lowest BCUT2D eigenvalue weighted by Gasteiger charge is -2.18. The summed E-state index contributed by atoms with van der Waals surface area (Å²) >= 11 is 6.54. The van der Waals surface area contributed by atoms with E-state index in [1.165, 1.54) is 24.0 Å². The van der Waals surface area contributed by atoms with Gasteiger partial charge in [0.05, 0.1) is 14.2 Å². The molecule has 0 amide bonds. The fourth-order valence-corrected chi connectivity index (χ4v) is 4.47. The monoisotopic (exact) mass is 490 g/mol. The summed E-state index contributed by atoms with van der Waals surface area (Å²) in [5, 5.41) is 14.9. The molecule has 1 heterocycles. The maximum absolute atomic E-state index is 6.54. The maximum Gasteiger partial charge on any atom is 0.204 e. The molecule has 0 atom stereocenters. The Morgan fingerprint density at radius 3 is 2.29 bits per heavy atom. The third-order valence-electron chi connectivity index (χ3n) is 6.21. The number of H-pyrrole nitrogens is 1. The fraction of sp³-hybridized carbons (Fsp3) is 0.296. The third-order valence-corrected chi connectivity index (χ3v) is 6.43. The molecule has 1 aliphatic carbocycles. The highest BCUT2D eigenvalue weighted by atomic mass is 35.5. The lowest BCUT2D eigenvalue weighted by Crippen LogP contribution is -2.04. The predicted molar refractivity (Wildman–Crippen MR) is 134 cm³/mol. The van der Waals surface area contributed by atoms with Crippen LogP contribution < -0.4 is 14.2 Å². The van der Waals surface area contributed by atoms with E-state index in [0.717, 1.165) is 51.8 Å². The van der Waals surface area contributed by atoms with Crippen molar-refractivity contribution in [3.63, 3.8) is 0 Å². The van der Waals surface area contributed by atoms with Gasteiger partial charge in [-0.3, -0.25) is 0 Å². The van der Waals surface area contributed by atoms with Crippen LogP contribution in [0.25, 0.3) is 11.4 Å². The average molecular weight is 491 g/mol. The quantitative estimate of drug-likeness (QED) is 0.303. The van der Waals surface area contributed by atoms with Gasteiger partial charge in [0.1, 0.15) is 23.9 Å². The molecule has 0 bridgehead atoms. The number of nitrogens with one attached hydrogen (secondary N) is 1. The van der Waals surface area contributed by atoms with Crippen LogP contribution in [0.1, 0.15) is 41.0 Å². The van der Waals surface area contributed by atoms with Crippen molar-refractivity contribution in [3.05, 3.63) is 81.9 Å². The smallest absolute Gasteiger partial charge is 0.204 e. The van der Waals surface area contributed by atoms with Gasteiger partial charge in [-0.25, -0.2) is 0 Å². The van der Waals surface area contributed by atoms with Crippen LogP contribution in [0, 0.1) is 0 Å². The first-order chi connectivity index (χ1) is 17.1. The van der Waals surface area contributed by atoms with Crippen molar-refractivity contribution >= 4 is 11.6 Å². The van der Waals surface area contributed by atoms with E-state index < -0.39 is 0 Å². The van der Waals surface area contributed by atoms with E-state index in [-0.39, 0.29) is 0 Å². The molecule has 0 unspecified atom stereocenters. The number of hydrogen-bond acceptors (Lipinski definition) is 6. The number of benzene rings is 3. The molecule has 1 aromatic heterocycles. The van der Waals surface area contributed by atoms with Crippen molar-refractivity contribution < 1.29 is 14.2 Å². The molecule has 1 fully saturated rings. The molecule has 8 heteroatoms. The molecule has 3 aromatic carbocycles. The number of rotatable bonds is 10. The normalized spacial score (nSPS) is 13.0. The first-order valence-electron chi connectivity index (χ1n) is 11.6. The van der Waals surface area contributed by atoms with E-state index in [1.54, 1.807) is 14.2 Å². The van der Waals surface area contributed by atoms with Gasteiger partial charge in [-0.2, -0.15) is 5.21 Å². The van der Waals surface area contributed by atoms with Crippen LogP contribution in [0.3, 0.4) is 0 Å². The van der Waals surface area contributed by atoms with Gasteiger partial charge in [0.25, 0.3) is 0 Å². The van der Waals surface area contributed by atoms with E-state index in [1.807, 2.05) is 36.4 Å². The first kappa shape index (κ1) is 23.2. The summed E-state index contributed by atoms with van der Waals surface area (Å²) in [4.78, 5) is 0. The first-order valence-corrected chi connectivity index (χ1v) is 12.0. The average Bonchev–Trinajstić information content (AvgIpc) is 3.59. The molecule has 1 N–H and O–H groups in total. The van der Waals surface area contributed by atoms with E-state index in [2.05, 4.69) is 38.8 Å². The number of tetrazole rings is 1. The molecule has 0 saturated heterocycles. The maximum atomic E-state index is 6.54. The fourth-order valence-electron chi connectivity index (χ4n) is 4.22. The lowest BCUT2D eigenvalue weighted by molar-refractivity contribution is 0.297. The molecular weight excluding hydrogens is 464 g/mol. The van der Waals surface area contributed by atoms with Crippen molar-refractivity contribution in [1.29, 1.82) is 0 Å². The minimum Gasteiger partial charge on any atom is -0.497 e. The molecule has 180 valence electrons. The van der Waals surface area contributed by atoms with E-state index in [0.29, 0.717) is 18.3 Å². The largest absolute Gasteiger partial charge is 0.497 e. The van der Waals surface area contributed by atoms with Gasteiger partial charge >= 0.3 is 0 Å². The zero-order valence-corrected chi connectivity index (χ0v) is 20.5. The minimum absolute atomic E-state index is 0.418. The van der Waals surface area contributed by atoms with Gasteiger partial charge < -0.3 is 14.2 Å². The SMILES string of the molecule is COc1cc(COc2c(CCc3ccc(-c4nn[nH]n4)cc3)cc(Cl)cc2C2CC2)cc(OC)c1. The van der Waals surface area contributed by atoms with Crippen LogP contribution in [-0.2, 0) is 19.4 Å². The Morgan fingerprint density at radius 1 is 0.914 bits per heavy atom. The Kier molecular flexibility index (Phi) is 6.86. The topological polar surface area (TPSA) is 82.2 Å². The zero-order valence-electron chi connectivity index (χ0n) is 19.8. The molecule has 0 radical (unpaired) electrons. The number of aromatic amines is 1. The number of aromatic nitrogens is 4. The molecular formula is C27H27ClN4O3. The molecule has 1 saturated carbocycles. The van der Waals surface area contributed by atoms with Crippen LogP contribution in [0.4, 0.5) is 0 Å². The van der Waals surface area contributed by atoms with Crippen LogP contribution >= 0.6 is 11.6 Å². The second-order valence-corrected chi connectivity index (χ2v) is 9.14. The molecule has 0 spiro atoms. The van der Waals surface area contributed by atoms with Crippen LogP contribution in [-0.4, -0.2) is 34.8 Å². The number of ether oxygens (including phenoxy) is 3. The number of nitrogens with zero attached hydrogens (tertiary/aromatic N) is 3.